The van der Waals surface area contributed by atoms with Crippen molar-refractivity contribution in [2.24, 2.45) is 5.92 Å². The van der Waals surface area contributed by atoms with E-state index >= 15 is 0 Å². The van der Waals surface area contributed by atoms with Crippen LogP contribution in [0.25, 0.3) is 22.4 Å². The monoisotopic (exact) mass is 419 g/mol. The van der Waals surface area contributed by atoms with Crippen LogP contribution in [-0.4, -0.2) is 33.4 Å². The van der Waals surface area contributed by atoms with Crippen molar-refractivity contribution in [3.63, 3.8) is 0 Å². The van der Waals surface area contributed by atoms with Crippen LogP contribution in [0.4, 0.5) is 4.39 Å². The lowest BCUT2D eigenvalue weighted by Gasteiger charge is -2.35. The maximum atomic E-state index is 14.1. The Bertz CT molecular complexity index is 1050. The Labute approximate surface area is 183 Å². The first kappa shape index (κ1) is 20.2. The lowest BCUT2D eigenvalue weighted by Crippen LogP contribution is -2.40. The van der Waals surface area contributed by atoms with Gasteiger partial charge in [0.25, 0.3) is 0 Å². The van der Waals surface area contributed by atoms with Crippen molar-refractivity contribution < 1.29 is 9.18 Å². The summed E-state index contributed by atoms with van der Waals surface area (Å²) in [6.07, 6.45) is 8.72. The molecule has 2 aromatic carbocycles. The SMILES string of the molecule is O=C(CC1CCCCC1)N1CCC(n2c(-c3ccccc3)nc3ccc(F)cc32)CC1. The zero-order valence-corrected chi connectivity index (χ0v) is 18.0. The van der Waals surface area contributed by atoms with Gasteiger partial charge in [-0.2, -0.15) is 0 Å². The van der Waals surface area contributed by atoms with Gasteiger partial charge in [-0.1, -0.05) is 49.6 Å². The normalized spacial score (nSPS) is 18.5. The van der Waals surface area contributed by atoms with Crippen LogP contribution in [0.5, 0.6) is 0 Å². The number of carbonyl (C=O) groups is 1. The summed E-state index contributed by atoms with van der Waals surface area (Å²) < 4.78 is 16.3. The predicted octanol–water partition coefficient (Wildman–Crippen LogP) is 5.98. The van der Waals surface area contributed by atoms with Gasteiger partial charge in [-0.3, -0.25) is 4.79 Å². The smallest absolute Gasteiger partial charge is 0.222 e. The van der Waals surface area contributed by atoms with Gasteiger partial charge in [-0.25, -0.2) is 9.37 Å². The van der Waals surface area contributed by atoms with Gasteiger partial charge in [0.15, 0.2) is 0 Å². The van der Waals surface area contributed by atoms with Crippen LogP contribution in [0.1, 0.15) is 57.4 Å². The highest BCUT2D eigenvalue weighted by Crippen LogP contribution is 2.34. The van der Waals surface area contributed by atoms with Gasteiger partial charge < -0.3 is 9.47 Å². The lowest BCUT2D eigenvalue weighted by atomic mass is 9.86. The molecular weight excluding hydrogens is 389 g/mol. The number of benzene rings is 2. The zero-order chi connectivity index (χ0) is 21.2. The maximum absolute atomic E-state index is 14.1. The van der Waals surface area contributed by atoms with E-state index in [0.717, 1.165) is 48.4 Å². The molecular formula is C26H30FN3O. The summed E-state index contributed by atoms with van der Waals surface area (Å²) in [5.41, 5.74) is 2.69. The Kier molecular flexibility index (Phi) is 5.75. The number of imidazole rings is 1. The van der Waals surface area contributed by atoms with Crippen molar-refractivity contribution in [2.75, 3.05) is 13.1 Å². The Morgan fingerprint density at radius 2 is 1.71 bits per heavy atom. The number of aromatic nitrogens is 2. The van der Waals surface area contributed by atoms with Crippen molar-refractivity contribution in [1.29, 1.82) is 0 Å². The molecule has 1 amide bonds. The van der Waals surface area contributed by atoms with Crippen molar-refractivity contribution in [3.05, 3.63) is 54.3 Å². The average molecular weight is 420 g/mol. The third-order valence-electron chi connectivity index (χ3n) is 7.05. The van der Waals surface area contributed by atoms with Gasteiger partial charge in [0.2, 0.25) is 5.91 Å². The van der Waals surface area contributed by atoms with Crippen molar-refractivity contribution in [3.8, 4) is 11.4 Å². The summed E-state index contributed by atoms with van der Waals surface area (Å²) in [5, 5.41) is 0. The van der Waals surface area contributed by atoms with E-state index in [1.807, 2.05) is 23.1 Å². The van der Waals surface area contributed by atoms with E-state index in [4.69, 9.17) is 4.98 Å². The number of carbonyl (C=O) groups excluding carboxylic acids is 1. The van der Waals surface area contributed by atoms with Crippen LogP contribution in [0.15, 0.2) is 48.5 Å². The Hall–Kier alpha value is -2.69. The molecule has 5 rings (SSSR count). The molecule has 3 aromatic rings. The number of amides is 1. The molecule has 162 valence electrons. The summed E-state index contributed by atoms with van der Waals surface area (Å²) in [7, 11) is 0. The second kappa shape index (κ2) is 8.81. The first-order valence-corrected chi connectivity index (χ1v) is 11.7. The van der Waals surface area contributed by atoms with E-state index in [2.05, 4.69) is 16.7 Å². The van der Waals surface area contributed by atoms with Crippen molar-refractivity contribution in [1.82, 2.24) is 14.5 Å². The predicted molar refractivity (Wildman–Crippen MR) is 121 cm³/mol. The number of likely N-dealkylation sites (tertiary alicyclic amines) is 1. The topological polar surface area (TPSA) is 38.1 Å². The van der Waals surface area contributed by atoms with Gasteiger partial charge >= 0.3 is 0 Å². The highest BCUT2D eigenvalue weighted by molar-refractivity contribution is 5.81. The van der Waals surface area contributed by atoms with Crippen LogP contribution in [0.2, 0.25) is 0 Å². The number of hydrogen-bond acceptors (Lipinski definition) is 2. The minimum Gasteiger partial charge on any atom is -0.343 e. The molecule has 0 spiro atoms. The standard InChI is InChI=1S/C26H30FN3O/c27-21-11-12-23-24(18-21)30(26(28-23)20-9-5-2-6-10-20)22-13-15-29(16-14-22)25(31)17-19-7-3-1-4-8-19/h2,5-6,9-12,18-19,22H,1,3-4,7-8,13-17H2. The molecule has 1 saturated heterocycles. The molecule has 31 heavy (non-hydrogen) atoms. The van der Waals surface area contributed by atoms with Crippen LogP contribution in [0.3, 0.4) is 0 Å². The molecule has 4 nitrogen and oxygen atoms in total. The molecule has 1 saturated carbocycles. The Morgan fingerprint density at radius 1 is 0.968 bits per heavy atom. The fourth-order valence-corrected chi connectivity index (χ4v) is 5.37. The number of piperidine rings is 1. The average Bonchev–Trinajstić information content (AvgIpc) is 3.19. The van der Waals surface area contributed by atoms with Gasteiger partial charge in [0.05, 0.1) is 11.0 Å². The number of halogens is 1. The molecule has 2 fully saturated rings. The number of nitrogens with zero attached hydrogens (tertiary/aromatic N) is 3. The summed E-state index contributed by atoms with van der Waals surface area (Å²) >= 11 is 0. The fourth-order valence-electron chi connectivity index (χ4n) is 5.37. The fraction of sp³-hybridized carbons (Fsp3) is 0.462. The van der Waals surface area contributed by atoms with Crippen molar-refractivity contribution >= 4 is 16.9 Å². The largest absolute Gasteiger partial charge is 0.343 e. The van der Waals surface area contributed by atoms with E-state index in [1.165, 1.54) is 38.2 Å². The summed E-state index contributed by atoms with van der Waals surface area (Å²) in [5.74, 6) is 1.53. The zero-order valence-electron chi connectivity index (χ0n) is 18.0. The molecule has 0 unspecified atom stereocenters. The van der Waals surface area contributed by atoms with E-state index in [9.17, 15) is 9.18 Å². The molecule has 0 atom stereocenters. The summed E-state index contributed by atoms with van der Waals surface area (Å²) in [6, 6.07) is 15.1. The quantitative estimate of drug-likeness (QED) is 0.522. The molecule has 0 N–H and O–H groups in total. The van der Waals surface area contributed by atoms with Crippen LogP contribution in [0, 0.1) is 11.7 Å². The second-order valence-electron chi connectivity index (χ2n) is 9.12. The highest BCUT2D eigenvalue weighted by atomic mass is 19.1. The summed E-state index contributed by atoms with van der Waals surface area (Å²) in [6.45, 7) is 1.53. The van der Waals surface area contributed by atoms with E-state index < -0.39 is 0 Å². The maximum Gasteiger partial charge on any atom is 0.222 e. The van der Waals surface area contributed by atoms with Gasteiger partial charge in [0.1, 0.15) is 11.6 Å². The molecule has 2 heterocycles. The number of fused-ring (bicyclic) bond motifs is 1. The van der Waals surface area contributed by atoms with Crippen LogP contribution >= 0.6 is 0 Å². The minimum atomic E-state index is -0.242. The van der Waals surface area contributed by atoms with E-state index in [-0.39, 0.29) is 11.9 Å². The molecule has 1 aliphatic carbocycles. The third-order valence-corrected chi connectivity index (χ3v) is 7.05. The molecule has 5 heteroatoms. The van der Waals surface area contributed by atoms with E-state index in [0.29, 0.717) is 18.2 Å². The highest BCUT2D eigenvalue weighted by Gasteiger charge is 2.28. The van der Waals surface area contributed by atoms with Gasteiger partial charge in [-0.15, -0.1) is 0 Å². The van der Waals surface area contributed by atoms with E-state index in [1.54, 1.807) is 12.1 Å². The van der Waals surface area contributed by atoms with Gasteiger partial charge in [-0.05, 0) is 49.8 Å². The van der Waals surface area contributed by atoms with Gasteiger partial charge in [0, 0.05) is 31.1 Å². The van der Waals surface area contributed by atoms with Crippen LogP contribution in [-0.2, 0) is 4.79 Å². The molecule has 0 bridgehead atoms. The first-order valence-electron chi connectivity index (χ1n) is 11.7. The van der Waals surface area contributed by atoms with Crippen molar-refractivity contribution in [2.45, 2.75) is 57.4 Å². The number of rotatable bonds is 4. The first-order chi connectivity index (χ1) is 15.2. The van der Waals surface area contributed by atoms with Crippen LogP contribution < -0.4 is 0 Å². The number of hydrogen-bond donors (Lipinski definition) is 0. The Balaban J connectivity index is 1.36. The minimum absolute atomic E-state index is 0.209. The molecule has 0 radical (unpaired) electrons. The Morgan fingerprint density at radius 3 is 2.45 bits per heavy atom. The lowest BCUT2D eigenvalue weighted by molar-refractivity contribution is -0.133. The molecule has 1 aromatic heterocycles. The third kappa shape index (κ3) is 4.23. The second-order valence-corrected chi connectivity index (χ2v) is 9.12. The molecule has 1 aliphatic heterocycles. The summed E-state index contributed by atoms with van der Waals surface area (Å²) in [4.78, 5) is 19.8. The molecule has 2 aliphatic rings.